The molecule has 0 bridgehead atoms. The Hall–Kier alpha value is -2.49. The summed E-state index contributed by atoms with van der Waals surface area (Å²) in [6, 6.07) is 17.1. The van der Waals surface area contributed by atoms with Gasteiger partial charge in [-0.2, -0.15) is 0 Å². The first-order valence-corrected chi connectivity index (χ1v) is 8.22. The predicted octanol–water partition coefficient (Wildman–Crippen LogP) is 4.69. The Labute approximate surface area is 143 Å². The van der Waals surface area contributed by atoms with E-state index < -0.39 is 0 Å². The first kappa shape index (κ1) is 17.9. The Bertz CT molecular complexity index is 622. The number of para-hydroxylation sites is 1. The highest BCUT2D eigenvalue weighted by Crippen LogP contribution is 2.24. The van der Waals surface area contributed by atoms with Crippen LogP contribution >= 0.6 is 0 Å². The zero-order valence-corrected chi connectivity index (χ0v) is 14.4. The van der Waals surface area contributed by atoms with Crippen LogP contribution in [0.5, 0.6) is 17.2 Å². The Morgan fingerprint density at radius 3 is 2.12 bits per heavy atom. The fourth-order valence-electron chi connectivity index (χ4n) is 2.11. The largest absolute Gasteiger partial charge is 0.493 e. The molecule has 0 fully saturated rings. The van der Waals surface area contributed by atoms with E-state index in [0.717, 1.165) is 17.2 Å². The van der Waals surface area contributed by atoms with E-state index in [9.17, 15) is 4.79 Å². The molecule has 2 atom stereocenters. The van der Waals surface area contributed by atoms with Gasteiger partial charge in [0.05, 0.1) is 19.1 Å². The van der Waals surface area contributed by atoms with Crippen molar-refractivity contribution in [3.05, 3.63) is 54.6 Å². The molecular formula is C20H24O4. The molecule has 0 heterocycles. The highest BCUT2D eigenvalue weighted by atomic mass is 16.5. The summed E-state index contributed by atoms with van der Waals surface area (Å²) in [4.78, 5) is 11.7. The molecular weight excluding hydrogens is 304 g/mol. The number of ether oxygens (including phenoxy) is 3. The number of rotatable bonds is 8. The number of carbonyl (C=O) groups excluding carboxylic acids is 1. The van der Waals surface area contributed by atoms with E-state index >= 15 is 0 Å². The van der Waals surface area contributed by atoms with Gasteiger partial charge < -0.3 is 14.2 Å². The van der Waals surface area contributed by atoms with E-state index in [1.165, 1.54) is 0 Å². The molecule has 2 rings (SSSR count). The molecule has 2 unspecified atom stereocenters. The van der Waals surface area contributed by atoms with Gasteiger partial charge in [0, 0.05) is 5.92 Å². The van der Waals surface area contributed by atoms with Crippen molar-refractivity contribution in [3.8, 4) is 17.2 Å². The molecule has 4 nitrogen and oxygen atoms in total. The molecule has 2 aromatic rings. The van der Waals surface area contributed by atoms with Crippen molar-refractivity contribution in [2.45, 2.75) is 20.8 Å². The number of carbonyl (C=O) groups is 1. The average Bonchev–Trinajstić information content (AvgIpc) is 2.61. The predicted molar refractivity (Wildman–Crippen MR) is 93.4 cm³/mol. The zero-order valence-electron chi connectivity index (χ0n) is 14.4. The molecule has 2 aromatic carbocycles. The van der Waals surface area contributed by atoms with Crippen LogP contribution in [0.25, 0.3) is 0 Å². The van der Waals surface area contributed by atoms with Gasteiger partial charge in [-0.05, 0) is 43.3 Å². The Kier molecular flexibility index (Phi) is 6.67. The minimum atomic E-state index is -0.189. The molecule has 0 amide bonds. The molecule has 0 aromatic heterocycles. The third kappa shape index (κ3) is 5.30. The van der Waals surface area contributed by atoms with E-state index in [-0.39, 0.29) is 17.8 Å². The summed E-state index contributed by atoms with van der Waals surface area (Å²) in [5.74, 6) is 2.00. The maximum absolute atomic E-state index is 11.7. The van der Waals surface area contributed by atoms with Crippen LogP contribution in [0.4, 0.5) is 0 Å². The summed E-state index contributed by atoms with van der Waals surface area (Å²) >= 11 is 0. The summed E-state index contributed by atoms with van der Waals surface area (Å²) in [7, 11) is 0. The number of hydrogen-bond acceptors (Lipinski definition) is 4. The van der Waals surface area contributed by atoms with Crippen molar-refractivity contribution >= 4 is 5.97 Å². The topological polar surface area (TPSA) is 44.8 Å². The molecule has 0 aliphatic rings. The molecule has 0 spiro atoms. The second-order valence-electron chi connectivity index (χ2n) is 5.72. The highest BCUT2D eigenvalue weighted by Gasteiger charge is 2.21. The minimum Gasteiger partial charge on any atom is -0.493 e. The zero-order chi connectivity index (χ0) is 17.4. The maximum Gasteiger partial charge on any atom is 0.309 e. The van der Waals surface area contributed by atoms with Crippen molar-refractivity contribution < 1.29 is 19.0 Å². The first-order chi connectivity index (χ1) is 11.6. The van der Waals surface area contributed by atoms with Crippen LogP contribution in [-0.2, 0) is 9.53 Å². The normalized spacial score (nSPS) is 13.0. The van der Waals surface area contributed by atoms with Crippen LogP contribution in [0.2, 0.25) is 0 Å². The van der Waals surface area contributed by atoms with E-state index in [4.69, 9.17) is 14.2 Å². The van der Waals surface area contributed by atoms with Gasteiger partial charge in [0.15, 0.2) is 0 Å². The summed E-state index contributed by atoms with van der Waals surface area (Å²) in [5.41, 5.74) is 0. The van der Waals surface area contributed by atoms with Gasteiger partial charge >= 0.3 is 5.97 Å². The van der Waals surface area contributed by atoms with Gasteiger partial charge in [-0.3, -0.25) is 4.79 Å². The lowest BCUT2D eigenvalue weighted by Gasteiger charge is -2.19. The number of benzene rings is 2. The van der Waals surface area contributed by atoms with Gasteiger partial charge in [-0.25, -0.2) is 0 Å². The van der Waals surface area contributed by atoms with Crippen molar-refractivity contribution in [3.63, 3.8) is 0 Å². The smallest absolute Gasteiger partial charge is 0.309 e. The van der Waals surface area contributed by atoms with Crippen LogP contribution in [0.1, 0.15) is 20.8 Å². The van der Waals surface area contributed by atoms with Gasteiger partial charge in [0.1, 0.15) is 17.2 Å². The molecule has 0 aliphatic carbocycles. The van der Waals surface area contributed by atoms with Crippen LogP contribution < -0.4 is 9.47 Å². The first-order valence-electron chi connectivity index (χ1n) is 8.22. The molecule has 0 saturated carbocycles. The van der Waals surface area contributed by atoms with E-state index in [1.54, 1.807) is 0 Å². The average molecular weight is 328 g/mol. The molecule has 0 N–H and O–H groups in total. The van der Waals surface area contributed by atoms with Gasteiger partial charge in [0.2, 0.25) is 0 Å². The summed E-state index contributed by atoms with van der Waals surface area (Å²) in [6.07, 6.45) is 0. The maximum atomic E-state index is 11.7. The number of esters is 1. The van der Waals surface area contributed by atoms with Gasteiger partial charge in [-0.1, -0.05) is 32.0 Å². The molecule has 24 heavy (non-hydrogen) atoms. The van der Waals surface area contributed by atoms with Crippen LogP contribution in [0.15, 0.2) is 54.6 Å². The molecule has 128 valence electrons. The fraction of sp³-hybridized carbons (Fsp3) is 0.350. The second kappa shape index (κ2) is 8.96. The van der Waals surface area contributed by atoms with Gasteiger partial charge in [-0.15, -0.1) is 0 Å². The van der Waals surface area contributed by atoms with Crippen LogP contribution in [0.3, 0.4) is 0 Å². The quantitative estimate of drug-likeness (QED) is 0.659. The van der Waals surface area contributed by atoms with Crippen molar-refractivity contribution in [2.24, 2.45) is 11.8 Å². The van der Waals surface area contributed by atoms with E-state index in [1.807, 2.05) is 75.4 Å². The highest BCUT2D eigenvalue weighted by molar-refractivity contribution is 5.72. The van der Waals surface area contributed by atoms with Crippen molar-refractivity contribution in [1.29, 1.82) is 0 Å². The van der Waals surface area contributed by atoms with Gasteiger partial charge in [0.25, 0.3) is 0 Å². The van der Waals surface area contributed by atoms with E-state index in [2.05, 4.69) is 0 Å². The lowest BCUT2D eigenvalue weighted by molar-refractivity contribution is -0.149. The third-order valence-corrected chi connectivity index (χ3v) is 3.83. The summed E-state index contributed by atoms with van der Waals surface area (Å²) in [5, 5.41) is 0. The lowest BCUT2D eigenvalue weighted by atomic mass is 9.97. The second-order valence-corrected chi connectivity index (χ2v) is 5.72. The molecule has 0 radical (unpaired) electrons. The van der Waals surface area contributed by atoms with E-state index in [0.29, 0.717) is 13.2 Å². The molecule has 0 aliphatic heterocycles. The third-order valence-electron chi connectivity index (χ3n) is 3.83. The van der Waals surface area contributed by atoms with Crippen molar-refractivity contribution in [1.82, 2.24) is 0 Å². The Morgan fingerprint density at radius 2 is 1.50 bits per heavy atom. The standard InChI is InChI=1S/C20H24O4/c1-4-22-20(21)16(3)15(2)14-23-17-10-12-19(13-11-17)24-18-8-6-5-7-9-18/h5-13,15-16H,4,14H2,1-3H3. The summed E-state index contributed by atoms with van der Waals surface area (Å²) < 4.78 is 16.5. The van der Waals surface area contributed by atoms with Crippen LogP contribution in [-0.4, -0.2) is 19.2 Å². The monoisotopic (exact) mass is 328 g/mol. The van der Waals surface area contributed by atoms with Crippen molar-refractivity contribution in [2.75, 3.05) is 13.2 Å². The summed E-state index contributed by atoms with van der Waals surface area (Å²) in [6.45, 7) is 6.51. The molecule has 4 heteroatoms. The SMILES string of the molecule is CCOC(=O)C(C)C(C)COc1ccc(Oc2ccccc2)cc1. The minimum absolute atomic E-state index is 0.0734. The van der Waals surface area contributed by atoms with Crippen LogP contribution in [0, 0.1) is 11.8 Å². The molecule has 0 saturated heterocycles. The fourth-order valence-corrected chi connectivity index (χ4v) is 2.11. The lowest BCUT2D eigenvalue weighted by Crippen LogP contribution is -2.25. The Morgan fingerprint density at radius 1 is 0.917 bits per heavy atom. The Balaban J connectivity index is 1.84. The number of hydrogen-bond donors (Lipinski definition) is 0.